The second-order valence-electron chi connectivity index (χ2n) is 6.96. The molecule has 168 valence electrons. The number of nitrogens with one attached hydrogen (secondary N) is 1. The number of carbonyl (C=O) groups is 1. The highest BCUT2D eigenvalue weighted by atomic mass is 32.2. The standard InChI is InChI=1S/C24H20N2O6S/c27-24(31-17-20-15-23(32-26-20)19-5-2-1-3-6-19)13-10-18-8-11-22(12-9-18)33(28,29)25-16-21-7-4-14-30-21/h1-15,25H,16-17H2/b13-10+. The van der Waals surface area contributed by atoms with Crippen LogP contribution in [0.3, 0.4) is 0 Å². The quantitative estimate of drug-likeness (QED) is 0.292. The zero-order valence-corrected chi connectivity index (χ0v) is 18.2. The zero-order valence-electron chi connectivity index (χ0n) is 17.4. The number of esters is 1. The molecule has 0 radical (unpaired) electrons. The second-order valence-corrected chi connectivity index (χ2v) is 8.73. The van der Waals surface area contributed by atoms with Crippen molar-refractivity contribution in [2.24, 2.45) is 0 Å². The third-order valence-electron chi connectivity index (χ3n) is 4.60. The number of ether oxygens (including phenoxy) is 1. The SMILES string of the molecule is O=C(/C=C/c1ccc(S(=O)(=O)NCc2ccco2)cc1)OCc1cc(-c2ccccc2)on1. The van der Waals surface area contributed by atoms with Crippen LogP contribution in [0.1, 0.15) is 17.0 Å². The summed E-state index contributed by atoms with van der Waals surface area (Å²) in [5, 5.41) is 3.90. The molecule has 0 unspecified atom stereocenters. The number of furan rings is 1. The molecule has 0 fully saturated rings. The molecule has 2 heterocycles. The molecule has 4 aromatic rings. The van der Waals surface area contributed by atoms with Crippen LogP contribution in [0.4, 0.5) is 0 Å². The van der Waals surface area contributed by atoms with E-state index in [2.05, 4.69) is 9.88 Å². The maximum absolute atomic E-state index is 12.4. The van der Waals surface area contributed by atoms with Gasteiger partial charge >= 0.3 is 5.97 Å². The van der Waals surface area contributed by atoms with Crippen molar-refractivity contribution in [1.29, 1.82) is 0 Å². The Morgan fingerprint density at radius 3 is 2.55 bits per heavy atom. The number of nitrogens with zero attached hydrogens (tertiary/aromatic N) is 1. The van der Waals surface area contributed by atoms with Crippen molar-refractivity contribution in [1.82, 2.24) is 9.88 Å². The molecule has 2 aromatic heterocycles. The van der Waals surface area contributed by atoms with Gasteiger partial charge in [-0.3, -0.25) is 0 Å². The van der Waals surface area contributed by atoms with Crippen molar-refractivity contribution in [2.75, 3.05) is 0 Å². The highest BCUT2D eigenvalue weighted by molar-refractivity contribution is 7.89. The Kier molecular flexibility index (Phi) is 6.82. The van der Waals surface area contributed by atoms with E-state index >= 15 is 0 Å². The molecule has 0 aliphatic carbocycles. The number of benzene rings is 2. The van der Waals surface area contributed by atoms with Gasteiger partial charge < -0.3 is 13.7 Å². The van der Waals surface area contributed by atoms with Crippen LogP contribution in [0.5, 0.6) is 0 Å². The number of sulfonamides is 1. The lowest BCUT2D eigenvalue weighted by molar-refractivity contribution is -0.139. The summed E-state index contributed by atoms with van der Waals surface area (Å²) in [6.07, 6.45) is 4.27. The Balaban J connectivity index is 1.29. The number of rotatable bonds is 9. The van der Waals surface area contributed by atoms with Crippen molar-refractivity contribution in [3.05, 3.63) is 102 Å². The minimum Gasteiger partial charge on any atom is -0.468 e. The summed E-state index contributed by atoms with van der Waals surface area (Å²) in [6.45, 7) is 0.0270. The van der Waals surface area contributed by atoms with Crippen LogP contribution in [0.15, 0.2) is 99.0 Å². The summed E-state index contributed by atoms with van der Waals surface area (Å²) in [5.41, 5.74) is 2.01. The Bertz CT molecular complexity index is 1330. The molecule has 0 bridgehead atoms. The average Bonchev–Trinajstić information content (AvgIpc) is 3.53. The molecule has 0 atom stereocenters. The van der Waals surface area contributed by atoms with E-state index in [0.717, 1.165) is 5.56 Å². The maximum Gasteiger partial charge on any atom is 0.331 e. The lowest BCUT2D eigenvalue weighted by atomic mass is 10.2. The summed E-state index contributed by atoms with van der Waals surface area (Å²) in [6, 6.07) is 20.6. The van der Waals surface area contributed by atoms with Gasteiger partial charge in [-0.15, -0.1) is 0 Å². The molecule has 0 amide bonds. The molecule has 8 nitrogen and oxygen atoms in total. The number of carbonyl (C=O) groups excluding carboxylic acids is 1. The van der Waals surface area contributed by atoms with Crippen molar-refractivity contribution in [3.63, 3.8) is 0 Å². The molecule has 0 saturated carbocycles. The fourth-order valence-corrected chi connectivity index (χ4v) is 3.89. The van der Waals surface area contributed by atoms with E-state index in [1.54, 1.807) is 30.3 Å². The molecule has 2 aromatic carbocycles. The third kappa shape index (κ3) is 6.06. The molecule has 1 N–H and O–H groups in total. The minimum absolute atomic E-state index is 0.0297. The van der Waals surface area contributed by atoms with Gasteiger partial charge in [0.2, 0.25) is 10.0 Å². The topological polar surface area (TPSA) is 112 Å². The Labute approximate surface area is 190 Å². The van der Waals surface area contributed by atoms with Gasteiger partial charge in [-0.2, -0.15) is 0 Å². The minimum atomic E-state index is -3.68. The van der Waals surface area contributed by atoms with Crippen LogP contribution in [0.2, 0.25) is 0 Å². The van der Waals surface area contributed by atoms with Gasteiger partial charge in [0.1, 0.15) is 18.1 Å². The van der Waals surface area contributed by atoms with Gasteiger partial charge in [0.25, 0.3) is 0 Å². The van der Waals surface area contributed by atoms with Crippen molar-refractivity contribution in [2.45, 2.75) is 18.0 Å². The maximum atomic E-state index is 12.4. The van der Waals surface area contributed by atoms with Crippen LogP contribution in [-0.2, 0) is 32.7 Å². The first-order valence-corrected chi connectivity index (χ1v) is 11.5. The van der Waals surface area contributed by atoms with E-state index < -0.39 is 16.0 Å². The first kappa shape index (κ1) is 22.3. The summed E-state index contributed by atoms with van der Waals surface area (Å²) in [5.74, 6) is 0.542. The normalized spacial score (nSPS) is 11.6. The fraction of sp³-hybridized carbons (Fsp3) is 0.0833. The van der Waals surface area contributed by atoms with Gasteiger partial charge in [-0.05, 0) is 35.9 Å². The molecule has 0 aliphatic heterocycles. The molecule has 0 saturated heterocycles. The van der Waals surface area contributed by atoms with Crippen molar-refractivity contribution in [3.8, 4) is 11.3 Å². The second kappa shape index (κ2) is 10.1. The van der Waals surface area contributed by atoms with Gasteiger partial charge in [0.05, 0.1) is 17.7 Å². The molecule has 0 aliphatic rings. The van der Waals surface area contributed by atoms with Crippen LogP contribution >= 0.6 is 0 Å². The zero-order chi connectivity index (χ0) is 23.1. The number of hydrogen-bond donors (Lipinski definition) is 1. The summed E-state index contributed by atoms with van der Waals surface area (Å²) >= 11 is 0. The summed E-state index contributed by atoms with van der Waals surface area (Å²) in [4.78, 5) is 12.1. The highest BCUT2D eigenvalue weighted by Crippen LogP contribution is 2.20. The lowest BCUT2D eigenvalue weighted by Crippen LogP contribution is -2.22. The predicted molar refractivity (Wildman–Crippen MR) is 120 cm³/mol. The number of hydrogen-bond acceptors (Lipinski definition) is 7. The third-order valence-corrected chi connectivity index (χ3v) is 6.02. The Morgan fingerprint density at radius 2 is 1.82 bits per heavy atom. The summed E-state index contributed by atoms with van der Waals surface area (Å²) in [7, 11) is -3.68. The number of aromatic nitrogens is 1. The Morgan fingerprint density at radius 1 is 1.03 bits per heavy atom. The largest absolute Gasteiger partial charge is 0.468 e. The molecular formula is C24H20N2O6S. The van der Waals surface area contributed by atoms with E-state index in [-0.39, 0.29) is 18.0 Å². The van der Waals surface area contributed by atoms with Gasteiger partial charge in [-0.25, -0.2) is 17.9 Å². The van der Waals surface area contributed by atoms with E-state index in [1.165, 1.54) is 30.5 Å². The molecular weight excluding hydrogens is 444 g/mol. The van der Waals surface area contributed by atoms with E-state index in [1.807, 2.05) is 30.3 Å². The monoisotopic (exact) mass is 464 g/mol. The van der Waals surface area contributed by atoms with Gasteiger partial charge in [0.15, 0.2) is 5.76 Å². The molecule has 33 heavy (non-hydrogen) atoms. The lowest BCUT2D eigenvalue weighted by Gasteiger charge is -2.05. The van der Waals surface area contributed by atoms with Crippen LogP contribution in [-0.4, -0.2) is 19.5 Å². The van der Waals surface area contributed by atoms with Gasteiger partial charge in [0, 0.05) is 17.7 Å². The van der Waals surface area contributed by atoms with E-state index in [9.17, 15) is 13.2 Å². The van der Waals surface area contributed by atoms with Crippen LogP contribution < -0.4 is 4.72 Å². The van der Waals surface area contributed by atoms with Crippen molar-refractivity contribution < 1.29 is 26.9 Å². The molecule has 0 spiro atoms. The first-order chi connectivity index (χ1) is 16.0. The highest BCUT2D eigenvalue weighted by Gasteiger charge is 2.14. The Hall–Kier alpha value is -3.95. The molecule has 4 rings (SSSR count). The summed E-state index contributed by atoms with van der Waals surface area (Å²) < 4.78 is 42.8. The first-order valence-electron chi connectivity index (χ1n) is 9.97. The smallest absolute Gasteiger partial charge is 0.331 e. The van der Waals surface area contributed by atoms with Crippen LogP contribution in [0, 0.1) is 0 Å². The predicted octanol–water partition coefficient (Wildman–Crippen LogP) is 4.17. The van der Waals surface area contributed by atoms with E-state index in [0.29, 0.717) is 22.8 Å². The van der Waals surface area contributed by atoms with Crippen molar-refractivity contribution >= 4 is 22.1 Å². The van der Waals surface area contributed by atoms with Gasteiger partial charge in [-0.1, -0.05) is 47.6 Å². The fourth-order valence-electron chi connectivity index (χ4n) is 2.90. The van der Waals surface area contributed by atoms with Crippen LogP contribution in [0.25, 0.3) is 17.4 Å². The average molecular weight is 464 g/mol. The molecule has 9 heteroatoms. The van der Waals surface area contributed by atoms with E-state index in [4.69, 9.17) is 13.7 Å².